The van der Waals surface area contributed by atoms with Crippen LogP contribution in [-0.2, 0) is 11.2 Å². The van der Waals surface area contributed by atoms with E-state index in [2.05, 4.69) is 10.4 Å². The molecule has 0 radical (unpaired) electrons. The maximum Gasteiger partial charge on any atom is 0.337 e. The molecule has 1 aromatic heterocycles. The number of halogens is 1. The summed E-state index contributed by atoms with van der Waals surface area (Å²) in [6.07, 6.45) is 2.14. The highest BCUT2D eigenvalue weighted by Crippen LogP contribution is 2.22. The summed E-state index contributed by atoms with van der Waals surface area (Å²) in [6, 6.07) is 12.3. The zero-order chi connectivity index (χ0) is 20.3. The number of ether oxygens (including phenoxy) is 1. The Kier molecular flexibility index (Phi) is 5.80. The molecule has 0 aliphatic heterocycles. The molecule has 0 saturated heterocycles. The number of carbonyl (C=O) groups excluding carboxylic acids is 2. The van der Waals surface area contributed by atoms with Gasteiger partial charge in [-0.05, 0) is 49.2 Å². The van der Waals surface area contributed by atoms with Gasteiger partial charge in [0.05, 0.1) is 35.8 Å². The van der Waals surface area contributed by atoms with E-state index in [-0.39, 0.29) is 5.91 Å². The Morgan fingerprint density at radius 2 is 2.00 bits per heavy atom. The van der Waals surface area contributed by atoms with Gasteiger partial charge in [0.1, 0.15) is 0 Å². The number of hydrogen-bond donors (Lipinski definition) is 1. The lowest BCUT2D eigenvalue weighted by atomic mass is 10.1. The molecule has 144 valence electrons. The Balaban J connectivity index is 1.93. The molecular weight excluding hydrogens is 378 g/mol. The van der Waals surface area contributed by atoms with Crippen LogP contribution < -0.4 is 5.32 Å². The SMILES string of the molecule is CCc1c(C(=O)Nc2cc(C(=O)OC)ccc2C)cnn1-c1cccc(Cl)c1. The minimum atomic E-state index is -0.460. The molecule has 0 atom stereocenters. The van der Waals surface area contributed by atoms with E-state index >= 15 is 0 Å². The minimum absolute atomic E-state index is 0.296. The zero-order valence-corrected chi connectivity index (χ0v) is 16.6. The van der Waals surface area contributed by atoms with Crippen molar-refractivity contribution in [2.24, 2.45) is 0 Å². The summed E-state index contributed by atoms with van der Waals surface area (Å²) < 4.78 is 6.45. The van der Waals surface area contributed by atoms with Crippen molar-refractivity contribution in [2.75, 3.05) is 12.4 Å². The predicted octanol–water partition coefficient (Wildman–Crippen LogP) is 4.44. The molecule has 2 aromatic carbocycles. The Morgan fingerprint density at radius 3 is 2.68 bits per heavy atom. The second-order valence-electron chi connectivity index (χ2n) is 6.23. The number of nitrogens with one attached hydrogen (secondary N) is 1. The minimum Gasteiger partial charge on any atom is -0.465 e. The van der Waals surface area contributed by atoms with E-state index in [0.29, 0.717) is 28.3 Å². The molecule has 0 bridgehead atoms. The molecule has 3 aromatic rings. The fraction of sp³-hybridized carbons (Fsp3) is 0.190. The molecule has 0 spiro atoms. The molecule has 7 heteroatoms. The third-order valence-electron chi connectivity index (χ3n) is 4.41. The van der Waals surface area contributed by atoms with Gasteiger partial charge in [-0.25, -0.2) is 9.48 Å². The molecule has 0 aliphatic rings. The van der Waals surface area contributed by atoms with Crippen LogP contribution in [0.3, 0.4) is 0 Å². The molecule has 6 nitrogen and oxygen atoms in total. The van der Waals surface area contributed by atoms with Gasteiger partial charge in [0, 0.05) is 10.7 Å². The van der Waals surface area contributed by atoms with Crippen LogP contribution >= 0.6 is 11.6 Å². The summed E-state index contributed by atoms with van der Waals surface area (Å²) in [6.45, 7) is 3.81. The van der Waals surface area contributed by atoms with Crippen molar-refractivity contribution in [2.45, 2.75) is 20.3 Å². The number of rotatable bonds is 5. The molecule has 28 heavy (non-hydrogen) atoms. The average Bonchev–Trinajstić information content (AvgIpc) is 3.13. The number of aryl methyl sites for hydroxylation is 1. The number of aromatic nitrogens is 2. The topological polar surface area (TPSA) is 73.2 Å². The highest BCUT2D eigenvalue weighted by Gasteiger charge is 2.19. The largest absolute Gasteiger partial charge is 0.465 e. The number of anilines is 1. The molecule has 0 fully saturated rings. The predicted molar refractivity (Wildman–Crippen MR) is 108 cm³/mol. The van der Waals surface area contributed by atoms with Gasteiger partial charge < -0.3 is 10.1 Å². The quantitative estimate of drug-likeness (QED) is 0.646. The molecular formula is C21H20ClN3O3. The smallest absolute Gasteiger partial charge is 0.337 e. The summed E-state index contributed by atoms with van der Waals surface area (Å²) in [5.41, 5.74) is 3.76. The number of benzene rings is 2. The van der Waals surface area contributed by atoms with E-state index in [9.17, 15) is 9.59 Å². The first-order chi connectivity index (χ1) is 13.4. The molecule has 1 amide bonds. The zero-order valence-electron chi connectivity index (χ0n) is 15.8. The average molecular weight is 398 g/mol. The van der Waals surface area contributed by atoms with Crippen LogP contribution in [0.5, 0.6) is 0 Å². The number of hydrogen-bond acceptors (Lipinski definition) is 4. The maximum atomic E-state index is 12.9. The Bertz CT molecular complexity index is 1040. The number of esters is 1. The van der Waals surface area contributed by atoms with Crippen LogP contribution in [0.1, 0.15) is 38.9 Å². The van der Waals surface area contributed by atoms with Gasteiger partial charge in [-0.3, -0.25) is 4.79 Å². The van der Waals surface area contributed by atoms with Crippen LogP contribution in [0.15, 0.2) is 48.7 Å². The van der Waals surface area contributed by atoms with Crippen molar-refractivity contribution in [1.29, 1.82) is 0 Å². The van der Waals surface area contributed by atoms with Crippen molar-refractivity contribution in [3.63, 3.8) is 0 Å². The van der Waals surface area contributed by atoms with Gasteiger partial charge >= 0.3 is 5.97 Å². The highest BCUT2D eigenvalue weighted by atomic mass is 35.5. The Morgan fingerprint density at radius 1 is 1.21 bits per heavy atom. The number of carbonyl (C=O) groups is 2. The van der Waals surface area contributed by atoms with E-state index in [1.165, 1.54) is 13.3 Å². The van der Waals surface area contributed by atoms with Crippen molar-refractivity contribution in [3.8, 4) is 5.69 Å². The monoisotopic (exact) mass is 397 g/mol. The van der Waals surface area contributed by atoms with Crippen LogP contribution in [0.2, 0.25) is 5.02 Å². The summed E-state index contributed by atoms with van der Waals surface area (Å²) in [5.74, 6) is -0.756. The van der Waals surface area contributed by atoms with E-state index in [4.69, 9.17) is 16.3 Å². The van der Waals surface area contributed by atoms with Gasteiger partial charge in [-0.15, -0.1) is 0 Å². The Labute approximate surface area is 168 Å². The van der Waals surface area contributed by atoms with Gasteiger partial charge in [0.15, 0.2) is 0 Å². The van der Waals surface area contributed by atoms with E-state index < -0.39 is 5.97 Å². The summed E-state index contributed by atoms with van der Waals surface area (Å²) >= 11 is 6.08. The summed E-state index contributed by atoms with van der Waals surface area (Å²) in [7, 11) is 1.32. The van der Waals surface area contributed by atoms with Crippen molar-refractivity contribution >= 4 is 29.2 Å². The van der Waals surface area contributed by atoms with Gasteiger partial charge in [-0.2, -0.15) is 5.10 Å². The molecule has 3 rings (SSSR count). The normalized spacial score (nSPS) is 10.6. The van der Waals surface area contributed by atoms with Gasteiger partial charge in [0.25, 0.3) is 5.91 Å². The molecule has 0 aliphatic carbocycles. The van der Waals surface area contributed by atoms with Crippen molar-refractivity contribution in [3.05, 3.63) is 76.1 Å². The van der Waals surface area contributed by atoms with Crippen LogP contribution in [0.4, 0.5) is 5.69 Å². The first-order valence-electron chi connectivity index (χ1n) is 8.77. The lowest BCUT2D eigenvalue weighted by Gasteiger charge is -2.11. The fourth-order valence-corrected chi connectivity index (χ4v) is 3.11. The first kappa shape index (κ1) is 19.6. The van der Waals surface area contributed by atoms with Gasteiger partial charge in [0.2, 0.25) is 0 Å². The highest BCUT2D eigenvalue weighted by molar-refractivity contribution is 6.30. The second kappa shape index (κ2) is 8.27. The van der Waals surface area contributed by atoms with Gasteiger partial charge in [-0.1, -0.05) is 30.7 Å². The lowest BCUT2D eigenvalue weighted by Crippen LogP contribution is -2.15. The number of amides is 1. The van der Waals surface area contributed by atoms with Crippen LogP contribution in [-0.4, -0.2) is 28.8 Å². The van der Waals surface area contributed by atoms with E-state index in [0.717, 1.165) is 16.9 Å². The fourth-order valence-electron chi connectivity index (χ4n) is 2.93. The number of methoxy groups -OCH3 is 1. The second-order valence-corrected chi connectivity index (χ2v) is 6.66. The third-order valence-corrected chi connectivity index (χ3v) is 4.64. The van der Waals surface area contributed by atoms with E-state index in [1.807, 2.05) is 26.0 Å². The summed E-state index contributed by atoms with van der Waals surface area (Å²) in [5, 5.41) is 7.83. The molecule has 0 unspecified atom stereocenters. The van der Waals surface area contributed by atoms with Crippen molar-refractivity contribution < 1.29 is 14.3 Å². The molecule has 1 N–H and O–H groups in total. The number of nitrogens with zero attached hydrogens (tertiary/aromatic N) is 2. The lowest BCUT2D eigenvalue weighted by molar-refractivity contribution is 0.0600. The first-order valence-corrected chi connectivity index (χ1v) is 9.15. The third kappa shape index (κ3) is 3.92. The molecule has 1 heterocycles. The van der Waals surface area contributed by atoms with Crippen molar-refractivity contribution in [1.82, 2.24) is 9.78 Å². The Hall–Kier alpha value is -3.12. The standard InChI is InChI=1S/C21H20ClN3O3/c1-4-19-17(12-23-25(19)16-7-5-6-15(22)11-16)20(26)24-18-10-14(21(27)28-3)9-8-13(18)2/h5-12H,4H2,1-3H3,(H,24,26). The van der Waals surface area contributed by atoms with Crippen LogP contribution in [0.25, 0.3) is 5.69 Å². The maximum absolute atomic E-state index is 12.9. The molecule has 0 saturated carbocycles. The summed E-state index contributed by atoms with van der Waals surface area (Å²) in [4.78, 5) is 24.7. The van der Waals surface area contributed by atoms with E-state index in [1.54, 1.807) is 35.0 Å². The van der Waals surface area contributed by atoms with Crippen LogP contribution in [0, 0.1) is 6.92 Å².